The molecule has 0 saturated carbocycles. The maximum Gasteiger partial charge on any atom is 0.494 e. The third-order valence-corrected chi connectivity index (χ3v) is 4.15. The third kappa shape index (κ3) is 2.71. The maximum absolute atomic E-state index is 11.7. The summed E-state index contributed by atoms with van der Waals surface area (Å²) in [6.45, 7) is 7.93. The molecule has 1 saturated heterocycles. The zero-order chi connectivity index (χ0) is 15.1. The lowest BCUT2D eigenvalue weighted by molar-refractivity contribution is 0.00578. The van der Waals surface area contributed by atoms with Gasteiger partial charge in [0.25, 0.3) is 5.91 Å². The second-order valence-corrected chi connectivity index (χ2v) is 6.38. The molecule has 4 nitrogen and oxygen atoms in total. The summed E-state index contributed by atoms with van der Waals surface area (Å²) in [4.78, 5) is 11.7. The summed E-state index contributed by atoms with van der Waals surface area (Å²) < 4.78 is 11.9. The molecule has 1 fully saturated rings. The van der Waals surface area contributed by atoms with Gasteiger partial charge in [0.2, 0.25) is 0 Å². The number of nitrogens with one attached hydrogen (secondary N) is 1. The van der Waals surface area contributed by atoms with Crippen LogP contribution in [0.1, 0.15) is 38.1 Å². The normalized spacial score (nSPS) is 20.0. The lowest BCUT2D eigenvalue weighted by Crippen LogP contribution is -2.41. The Morgan fingerprint density at radius 1 is 1.15 bits per heavy atom. The van der Waals surface area contributed by atoms with Crippen LogP contribution in [0.3, 0.4) is 0 Å². The summed E-state index contributed by atoms with van der Waals surface area (Å²) in [6, 6.07) is 5.12. The first-order valence-corrected chi connectivity index (χ1v) is 6.92. The van der Waals surface area contributed by atoms with Crippen LogP contribution in [0.2, 0.25) is 5.02 Å². The highest BCUT2D eigenvalue weighted by molar-refractivity contribution is 6.62. The second-order valence-electron chi connectivity index (χ2n) is 5.94. The average Bonchev–Trinajstić information content (AvgIpc) is 2.57. The predicted molar refractivity (Wildman–Crippen MR) is 80.6 cm³/mol. The smallest absolute Gasteiger partial charge is 0.399 e. The van der Waals surface area contributed by atoms with Gasteiger partial charge in [0, 0.05) is 17.6 Å². The van der Waals surface area contributed by atoms with Crippen LogP contribution in [0.15, 0.2) is 18.2 Å². The quantitative estimate of drug-likeness (QED) is 0.849. The fourth-order valence-electron chi connectivity index (χ4n) is 2.00. The van der Waals surface area contributed by atoms with E-state index in [1.807, 2.05) is 27.7 Å². The number of amides is 1. The molecule has 1 aromatic carbocycles. The van der Waals surface area contributed by atoms with Crippen molar-refractivity contribution in [2.75, 3.05) is 7.05 Å². The Bertz CT molecular complexity index is 529. The zero-order valence-electron chi connectivity index (χ0n) is 12.4. The molecular weight excluding hydrogens is 276 g/mol. The number of halogens is 1. The Hall–Kier alpha value is -1.04. The van der Waals surface area contributed by atoms with Crippen LogP contribution in [-0.2, 0) is 9.31 Å². The van der Waals surface area contributed by atoms with Gasteiger partial charge in [-0.3, -0.25) is 4.79 Å². The fraction of sp³-hybridized carbons (Fsp3) is 0.500. The van der Waals surface area contributed by atoms with Gasteiger partial charge < -0.3 is 14.6 Å². The minimum Gasteiger partial charge on any atom is -0.399 e. The van der Waals surface area contributed by atoms with E-state index in [0.717, 1.165) is 5.46 Å². The number of rotatable bonds is 2. The van der Waals surface area contributed by atoms with Crippen molar-refractivity contribution in [3.05, 3.63) is 28.8 Å². The molecule has 1 N–H and O–H groups in total. The fourth-order valence-corrected chi connectivity index (χ4v) is 2.25. The van der Waals surface area contributed by atoms with E-state index in [2.05, 4.69) is 5.32 Å². The summed E-state index contributed by atoms with van der Waals surface area (Å²) in [5.74, 6) is -0.190. The topological polar surface area (TPSA) is 47.6 Å². The van der Waals surface area contributed by atoms with Crippen molar-refractivity contribution in [3.63, 3.8) is 0 Å². The van der Waals surface area contributed by atoms with E-state index in [0.29, 0.717) is 10.6 Å². The highest BCUT2D eigenvalue weighted by atomic mass is 35.5. The summed E-state index contributed by atoms with van der Waals surface area (Å²) in [5, 5.41) is 3.06. The molecule has 0 radical (unpaired) electrons. The summed E-state index contributed by atoms with van der Waals surface area (Å²) in [7, 11) is 1.06. The van der Waals surface area contributed by atoms with Crippen LogP contribution in [0.5, 0.6) is 0 Å². The molecule has 20 heavy (non-hydrogen) atoms. The van der Waals surface area contributed by atoms with Crippen LogP contribution in [0.25, 0.3) is 0 Å². The minimum absolute atomic E-state index is 0.190. The van der Waals surface area contributed by atoms with Crippen molar-refractivity contribution in [1.29, 1.82) is 0 Å². The van der Waals surface area contributed by atoms with Crippen molar-refractivity contribution in [1.82, 2.24) is 5.32 Å². The van der Waals surface area contributed by atoms with E-state index in [4.69, 9.17) is 20.9 Å². The standard InChI is InChI=1S/C14H19BClNO3/c1-13(2)14(3,4)20-15(19-13)10-6-9(12(18)17-5)7-11(16)8-10/h6-8H,1-5H3,(H,17,18). The Kier molecular flexibility index (Phi) is 3.89. The molecule has 0 aromatic heterocycles. The number of carbonyl (C=O) groups is 1. The molecular formula is C14H19BClNO3. The first kappa shape index (κ1) is 15.4. The van der Waals surface area contributed by atoms with Crippen LogP contribution >= 0.6 is 11.6 Å². The summed E-state index contributed by atoms with van der Waals surface area (Å²) >= 11 is 6.08. The molecule has 0 bridgehead atoms. The maximum atomic E-state index is 11.7. The van der Waals surface area contributed by atoms with Gasteiger partial charge in [-0.2, -0.15) is 0 Å². The molecule has 1 heterocycles. The molecule has 1 amide bonds. The van der Waals surface area contributed by atoms with Crippen molar-refractivity contribution in [3.8, 4) is 0 Å². The van der Waals surface area contributed by atoms with Crippen LogP contribution in [0.4, 0.5) is 0 Å². The summed E-state index contributed by atoms with van der Waals surface area (Å²) in [6.07, 6.45) is 0. The Labute approximate surface area is 124 Å². The SMILES string of the molecule is CNC(=O)c1cc(Cl)cc(B2OC(C)(C)C(C)(C)O2)c1. The molecule has 2 rings (SSSR count). The molecule has 108 valence electrons. The lowest BCUT2D eigenvalue weighted by atomic mass is 9.78. The van der Waals surface area contributed by atoms with Crippen LogP contribution in [0, 0.1) is 0 Å². The third-order valence-electron chi connectivity index (χ3n) is 3.93. The first-order chi connectivity index (χ1) is 9.16. The van der Waals surface area contributed by atoms with Crippen molar-refractivity contribution >= 4 is 30.1 Å². The zero-order valence-corrected chi connectivity index (χ0v) is 13.2. The van der Waals surface area contributed by atoms with Gasteiger partial charge in [0.05, 0.1) is 11.2 Å². The Balaban J connectivity index is 2.35. The van der Waals surface area contributed by atoms with E-state index in [-0.39, 0.29) is 5.91 Å². The van der Waals surface area contributed by atoms with Gasteiger partial charge in [-0.25, -0.2) is 0 Å². The average molecular weight is 296 g/mol. The largest absolute Gasteiger partial charge is 0.494 e. The molecule has 1 aromatic rings. The monoisotopic (exact) mass is 295 g/mol. The van der Waals surface area contributed by atoms with Gasteiger partial charge in [0.1, 0.15) is 0 Å². The summed E-state index contributed by atoms with van der Waals surface area (Å²) in [5.41, 5.74) is 0.389. The molecule has 0 spiro atoms. The minimum atomic E-state index is -0.526. The van der Waals surface area contributed by atoms with E-state index in [1.165, 1.54) is 0 Å². The van der Waals surface area contributed by atoms with Gasteiger partial charge in [-0.05, 0) is 51.4 Å². The van der Waals surface area contributed by atoms with E-state index < -0.39 is 18.3 Å². The first-order valence-electron chi connectivity index (χ1n) is 6.54. The Morgan fingerprint density at radius 3 is 2.20 bits per heavy atom. The highest BCUT2D eigenvalue weighted by Crippen LogP contribution is 2.36. The Morgan fingerprint density at radius 2 is 1.70 bits per heavy atom. The molecule has 0 unspecified atom stereocenters. The number of carbonyl (C=O) groups excluding carboxylic acids is 1. The van der Waals surface area contributed by atoms with Gasteiger partial charge in [-0.15, -0.1) is 0 Å². The number of hydrogen-bond donors (Lipinski definition) is 1. The van der Waals surface area contributed by atoms with E-state index in [9.17, 15) is 4.79 Å². The van der Waals surface area contributed by atoms with Gasteiger partial charge >= 0.3 is 7.12 Å². The molecule has 0 aliphatic carbocycles. The second kappa shape index (κ2) is 5.06. The number of benzene rings is 1. The number of hydrogen-bond acceptors (Lipinski definition) is 3. The molecule has 0 atom stereocenters. The van der Waals surface area contributed by atoms with E-state index >= 15 is 0 Å². The van der Waals surface area contributed by atoms with Gasteiger partial charge in [0.15, 0.2) is 0 Å². The lowest BCUT2D eigenvalue weighted by Gasteiger charge is -2.32. The molecule has 6 heteroatoms. The van der Waals surface area contributed by atoms with Crippen LogP contribution < -0.4 is 10.8 Å². The van der Waals surface area contributed by atoms with Crippen molar-refractivity contribution < 1.29 is 14.1 Å². The van der Waals surface area contributed by atoms with Crippen molar-refractivity contribution in [2.24, 2.45) is 0 Å². The molecule has 1 aliphatic rings. The molecule has 1 aliphatic heterocycles. The highest BCUT2D eigenvalue weighted by Gasteiger charge is 2.51. The van der Waals surface area contributed by atoms with Gasteiger partial charge in [-0.1, -0.05) is 11.6 Å². The van der Waals surface area contributed by atoms with Crippen molar-refractivity contribution in [2.45, 2.75) is 38.9 Å². The van der Waals surface area contributed by atoms with E-state index in [1.54, 1.807) is 25.2 Å². The predicted octanol–water partition coefficient (Wildman–Crippen LogP) is 2.00. The van der Waals surface area contributed by atoms with Crippen LogP contribution in [-0.4, -0.2) is 31.3 Å².